The van der Waals surface area contributed by atoms with E-state index in [1.54, 1.807) is 0 Å². The summed E-state index contributed by atoms with van der Waals surface area (Å²) in [5.74, 6) is -4.82. The molecule has 0 spiro atoms. The van der Waals surface area contributed by atoms with Crippen LogP contribution in [0.15, 0.2) is 16.9 Å². The summed E-state index contributed by atoms with van der Waals surface area (Å²) in [6.07, 6.45) is -3.87. The summed E-state index contributed by atoms with van der Waals surface area (Å²) in [6.45, 7) is 2.95. The van der Waals surface area contributed by atoms with E-state index in [1.165, 1.54) is 0 Å². The van der Waals surface area contributed by atoms with Crippen molar-refractivity contribution < 1.29 is 52.8 Å². The van der Waals surface area contributed by atoms with Gasteiger partial charge in [0.1, 0.15) is 18.2 Å². The van der Waals surface area contributed by atoms with Gasteiger partial charge in [0.05, 0.1) is 13.7 Å². The first kappa shape index (κ1) is 28.2. The fourth-order valence-corrected chi connectivity index (χ4v) is 3.18. The minimum absolute atomic E-state index is 0.573. The zero-order valence-electron chi connectivity index (χ0n) is 19.2. The van der Waals surface area contributed by atoms with E-state index >= 15 is 0 Å². The molecular weight excluding hydrogens is 460 g/mol. The van der Waals surface area contributed by atoms with Crippen molar-refractivity contribution in [3.63, 3.8) is 0 Å². The van der Waals surface area contributed by atoms with Crippen molar-refractivity contribution in [2.24, 2.45) is 5.11 Å². The van der Waals surface area contributed by atoms with Gasteiger partial charge in [0.15, 0.2) is 18.3 Å². The maximum atomic E-state index is 12.2. The van der Waals surface area contributed by atoms with Gasteiger partial charge in [0.25, 0.3) is 0 Å². The van der Waals surface area contributed by atoms with Crippen LogP contribution in [-0.2, 0) is 47.7 Å². The van der Waals surface area contributed by atoms with Crippen molar-refractivity contribution >= 4 is 29.8 Å². The molecule has 0 saturated heterocycles. The van der Waals surface area contributed by atoms with Gasteiger partial charge in [-0.25, -0.2) is 4.79 Å². The molecule has 1 aliphatic heterocycles. The summed E-state index contributed by atoms with van der Waals surface area (Å²) in [6, 6.07) is -1.51. The number of azide groups is 1. The summed E-state index contributed by atoms with van der Waals surface area (Å²) < 4.78 is 25.6. The van der Waals surface area contributed by atoms with Crippen LogP contribution in [0.25, 0.3) is 10.4 Å². The minimum atomic E-state index is -2.25. The summed E-state index contributed by atoms with van der Waals surface area (Å²) in [5.41, 5.74) is 6.50. The predicted octanol–water partition coefficient (Wildman–Crippen LogP) is -0.585. The molecule has 188 valence electrons. The predicted molar refractivity (Wildman–Crippen MR) is 109 cm³/mol. The van der Waals surface area contributed by atoms with Gasteiger partial charge in [-0.15, -0.1) is 0 Å². The summed E-state index contributed by atoms with van der Waals surface area (Å²) in [4.78, 5) is 61.7. The number of nitrogens with one attached hydrogen (secondary N) is 1. The molecule has 0 aromatic rings. The molecule has 2 N–H and O–H groups in total. The first-order valence-electron chi connectivity index (χ1n) is 9.80. The van der Waals surface area contributed by atoms with Gasteiger partial charge in [-0.2, -0.15) is 0 Å². The lowest BCUT2D eigenvalue weighted by Crippen LogP contribution is -2.67. The van der Waals surface area contributed by atoms with Crippen molar-refractivity contribution in [1.29, 1.82) is 0 Å². The van der Waals surface area contributed by atoms with Crippen molar-refractivity contribution in [1.82, 2.24) is 5.32 Å². The highest BCUT2D eigenvalue weighted by Crippen LogP contribution is 2.32. The first-order valence-corrected chi connectivity index (χ1v) is 9.80. The Balaban J connectivity index is 3.71. The minimum Gasteiger partial charge on any atom is -0.477 e. The Kier molecular flexibility index (Phi) is 10.3. The Morgan fingerprint density at radius 1 is 1.18 bits per heavy atom. The Morgan fingerprint density at radius 2 is 1.79 bits per heavy atom. The maximum Gasteiger partial charge on any atom is 0.373 e. The lowest BCUT2D eigenvalue weighted by Gasteiger charge is -2.45. The number of methoxy groups -OCH3 is 1. The number of rotatable bonds is 10. The third-order valence-electron chi connectivity index (χ3n) is 4.40. The Morgan fingerprint density at radius 3 is 2.26 bits per heavy atom. The quantitative estimate of drug-likeness (QED) is 0.131. The van der Waals surface area contributed by atoms with E-state index in [2.05, 4.69) is 20.1 Å². The van der Waals surface area contributed by atoms with E-state index in [0.29, 0.717) is 0 Å². The summed E-state index contributed by atoms with van der Waals surface area (Å²) in [5, 5.41) is 17.0. The molecule has 0 aromatic carbocycles. The average molecular weight is 486 g/mol. The molecule has 1 heterocycles. The second-order valence-electron chi connectivity index (χ2n) is 7.17. The van der Waals surface area contributed by atoms with Crippen LogP contribution in [0.1, 0.15) is 27.7 Å². The van der Waals surface area contributed by atoms with Crippen LogP contribution >= 0.6 is 0 Å². The molecule has 0 aromatic heterocycles. The number of amides is 1. The van der Waals surface area contributed by atoms with Crippen molar-refractivity contribution in [3.8, 4) is 0 Å². The Hall–Kier alpha value is -3.84. The molecule has 0 unspecified atom stereocenters. The number of hydrogen-bond donors (Lipinski definition) is 2. The zero-order valence-corrected chi connectivity index (χ0v) is 19.2. The summed E-state index contributed by atoms with van der Waals surface area (Å²) >= 11 is 0. The number of ether oxygens (including phenoxy) is 5. The highest BCUT2D eigenvalue weighted by Gasteiger charge is 2.53. The monoisotopic (exact) mass is 486 g/mol. The van der Waals surface area contributed by atoms with E-state index in [0.717, 1.165) is 40.9 Å². The number of hydrogen-bond acceptors (Lipinski definition) is 12. The van der Waals surface area contributed by atoms with Gasteiger partial charge in [-0.3, -0.25) is 19.2 Å². The number of carbonyl (C=O) groups excluding carboxylic acids is 5. The molecular formula is C19H26N4O11. The molecule has 15 heteroatoms. The van der Waals surface area contributed by atoms with Gasteiger partial charge in [-0.1, -0.05) is 5.11 Å². The maximum absolute atomic E-state index is 12.2. The number of esters is 4. The normalized spacial score (nSPS) is 22.9. The second-order valence-corrected chi connectivity index (χ2v) is 7.17. The number of aliphatic hydroxyl groups is 1. The zero-order chi connectivity index (χ0) is 26.1. The lowest BCUT2D eigenvalue weighted by atomic mass is 9.83. The van der Waals surface area contributed by atoms with Crippen LogP contribution in [0.4, 0.5) is 0 Å². The first-order chi connectivity index (χ1) is 15.8. The van der Waals surface area contributed by atoms with E-state index in [4.69, 9.17) is 24.5 Å². The van der Waals surface area contributed by atoms with Gasteiger partial charge in [-0.05, 0) is 11.6 Å². The largest absolute Gasteiger partial charge is 0.477 e. The SMILES string of the molecule is COC(=O)C1=C[C@](O)(CN=[N+]=[N-])[C@@H](NC(C)=O)[C@H]([C@H](OC(C)=O)[C@@H](COC(C)=O)OC(C)=O)O1. The van der Waals surface area contributed by atoms with E-state index in [-0.39, 0.29) is 0 Å². The van der Waals surface area contributed by atoms with E-state index < -0.39 is 78.6 Å². The fourth-order valence-electron chi connectivity index (χ4n) is 3.18. The van der Waals surface area contributed by atoms with Crippen molar-refractivity contribution in [2.45, 2.75) is 57.6 Å². The van der Waals surface area contributed by atoms with Crippen LogP contribution in [-0.4, -0.2) is 85.1 Å². The van der Waals surface area contributed by atoms with Crippen molar-refractivity contribution in [2.75, 3.05) is 20.3 Å². The number of carbonyl (C=O) groups is 5. The van der Waals surface area contributed by atoms with Crippen molar-refractivity contribution in [3.05, 3.63) is 22.3 Å². The topological polar surface area (TPSA) is 213 Å². The Labute approximate surface area is 193 Å². The molecule has 1 aliphatic rings. The van der Waals surface area contributed by atoms with Crippen LogP contribution in [0.3, 0.4) is 0 Å². The summed E-state index contributed by atoms with van der Waals surface area (Å²) in [7, 11) is 1.03. The van der Waals surface area contributed by atoms with Crippen LogP contribution in [0.2, 0.25) is 0 Å². The molecule has 0 radical (unpaired) electrons. The van der Waals surface area contributed by atoms with Crippen LogP contribution in [0.5, 0.6) is 0 Å². The average Bonchev–Trinajstić information content (AvgIpc) is 2.73. The molecule has 0 bridgehead atoms. The molecule has 5 atom stereocenters. The molecule has 34 heavy (non-hydrogen) atoms. The molecule has 0 fully saturated rings. The van der Waals surface area contributed by atoms with Gasteiger partial charge in [0, 0.05) is 32.6 Å². The smallest absolute Gasteiger partial charge is 0.373 e. The molecule has 0 saturated carbocycles. The highest BCUT2D eigenvalue weighted by atomic mass is 16.6. The standard InChI is InChI=1S/C19H26N4O11/c1-9(24)22-17-16(34-13(18(28)30-5)6-19(17,29)8-21-23-20)15(33-12(4)27)14(32-11(3)26)7-31-10(2)25/h6,14-17,29H,7-8H2,1-5H3,(H,22,24)/t14-,15-,16+,17+,19+/m1/s1. The Bertz CT molecular complexity index is 899. The lowest BCUT2D eigenvalue weighted by molar-refractivity contribution is -0.193. The molecule has 15 nitrogen and oxygen atoms in total. The van der Waals surface area contributed by atoms with Gasteiger partial charge in [0.2, 0.25) is 11.7 Å². The van der Waals surface area contributed by atoms with Gasteiger partial charge >= 0.3 is 23.9 Å². The van der Waals surface area contributed by atoms with E-state index in [1.807, 2.05) is 0 Å². The van der Waals surface area contributed by atoms with Crippen LogP contribution in [0, 0.1) is 0 Å². The highest BCUT2D eigenvalue weighted by molar-refractivity contribution is 5.87. The molecule has 1 rings (SSSR count). The fraction of sp³-hybridized carbons (Fsp3) is 0.632. The third kappa shape index (κ3) is 7.94. The molecule has 1 amide bonds. The van der Waals surface area contributed by atoms with Crippen LogP contribution < -0.4 is 5.32 Å². The molecule has 0 aliphatic carbocycles. The van der Waals surface area contributed by atoms with E-state index in [9.17, 15) is 29.1 Å². The number of nitrogens with zero attached hydrogens (tertiary/aromatic N) is 3. The third-order valence-corrected chi connectivity index (χ3v) is 4.40. The second kappa shape index (κ2) is 12.4. The van der Waals surface area contributed by atoms with Gasteiger partial charge < -0.3 is 34.1 Å².